The number of benzene rings is 1. The molecule has 1 aliphatic carbocycles. The van der Waals surface area contributed by atoms with Gasteiger partial charge in [-0.25, -0.2) is 9.78 Å². The number of ether oxygens (including phenoxy) is 2. The zero-order valence-corrected chi connectivity index (χ0v) is 13.9. The zero-order chi connectivity index (χ0) is 17.1. The summed E-state index contributed by atoms with van der Waals surface area (Å²) in [6.45, 7) is 0. The topological polar surface area (TPSA) is 85.4 Å². The van der Waals surface area contributed by atoms with Crippen LogP contribution in [0.1, 0.15) is 34.8 Å². The average Bonchev–Trinajstić information content (AvgIpc) is 3.45. The monoisotopic (exact) mass is 328 g/mol. The third kappa shape index (κ3) is 3.40. The summed E-state index contributed by atoms with van der Waals surface area (Å²) < 4.78 is 10.1. The lowest BCUT2D eigenvalue weighted by atomic mass is 10.2. The summed E-state index contributed by atoms with van der Waals surface area (Å²) in [5.74, 6) is 1.92. The molecule has 1 aromatic carbocycles. The largest absolute Gasteiger partial charge is 0.495 e. The van der Waals surface area contributed by atoms with Gasteiger partial charge in [0.1, 0.15) is 11.6 Å². The molecule has 0 aliphatic heterocycles. The first-order chi connectivity index (χ1) is 11.6. The summed E-state index contributed by atoms with van der Waals surface area (Å²) in [6.07, 6.45) is 2.31. The molecule has 1 saturated carbocycles. The van der Waals surface area contributed by atoms with Gasteiger partial charge in [-0.05, 0) is 31.0 Å². The molecule has 0 amide bonds. The molecule has 3 rings (SSSR count). The van der Waals surface area contributed by atoms with Crippen LogP contribution in [0.2, 0.25) is 0 Å². The molecular formula is C17H20N4O3. The van der Waals surface area contributed by atoms with Gasteiger partial charge < -0.3 is 20.1 Å². The molecule has 7 nitrogen and oxygen atoms in total. The average molecular weight is 328 g/mol. The molecule has 0 atom stereocenters. The normalized spacial score (nSPS) is 13.3. The Morgan fingerprint density at radius 1 is 1.21 bits per heavy atom. The molecule has 1 aromatic heterocycles. The van der Waals surface area contributed by atoms with E-state index >= 15 is 0 Å². The van der Waals surface area contributed by atoms with Crippen LogP contribution in [-0.2, 0) is 4.74 Å². The summed E-state index contributed by atoms with van der Waals surface area (Å²) in [6, 6.07) is 6.99. The molecule has 0 saturated heterocycles. The van der Waals surface area contributed by atoms with Gasteiger partial charge in [0.25, 0.3) is 0 Å². The minimum atomic E-state index is -0.405. The Hall–Kier alpha value is -2.83. The number of aromatic nitrogens is 2. The summed E-state index contributed by atoms with van der Waals surface area (Å²) in [7, 11) is 4.71. The van der Waals surface area contributed by atoms with Crippen molar-refractivity contribution in [2.75, 3.05) is 31.9 Å². The van der Waals surface area contributed by atoms with Crippen molar-refractivity contribution in [3.05, 3.63) is 35.5 Å². The molecule has 1 heterocycles. The van der Waals surface area contributed by atoms with E-state index in [-0.39, 0.29) is 0 Å². The van der Waals surface area contributed by atoms with Crippen LogP contribution in [0, 0.1) is 0 Å². The third-order valence-corrected chi connectivity index (χ3v) is 3.85. The van der Waals surface area contributed by atoms with E-state index in [1.807, 2.05) is 6.07 Å². The number of rotatable bonds is 6. The van der Waals surface area contributed by atoms with Crippen LogP contribution < -0.4 is 15.4 Å². The number of anilines is 3. The summed E-state index contributed by atoms with van der Waals surface area (Å²) in [5.41, 5.74) is 2.09. The molecule has 1 fully saturated rings. The lowest BCUT2D eigenvalue weighted by molar-refractivity contribution is 0.0601. The summed E-state index contributed by atoms with van der Waals surface area (Å²) >= 11 is 0. The smallest absolute Gasteiger partial charge is 0.337 e. The fourth-order valence-electron chi connectivity index (χ4n) is 2.42. The molecular weight excluding hydrogens is 308 g/mol. The van der Waals surface area contributed by atoms with E-state index in [2.05, 4.69) is 20.6 Å². The van der Waals surface area contributed by atoms with E-state index in [1.165, 1.54) is 7.11 Å². The Morgan fingerprint density at radius 2 is 2.00 bits per heavy atom. The van der Waals surface area contributed by atoms with Crippen molar-refractivity contribution in [1.29, 1.82) is 0 Å². The Kier molecular flexibility index (Phi) is 4.50. The van der Waals surface area contributed by atoms with Crippen molar-refractivity contribution < 1.29 is 14.3 Å². The lowest BCUT2D eigenvalue weighted by Gasteiger charge is -2.13. The number of methoxy groups -OCH3 is 2. The number of esters is 1. The molecule has 1 aliphatic rings. The van der Waals surface area contributed by atoms with E-state index in [0.717, 1.165) is 18.5 Å². The van der Waals surface area contributed by atoms with Crippen molar-refractivity contribution in [2.24, 2.45) is 0 Å². The zero-order valence-electron chi connectivity index (χ0n) is 13.9. The summed E-state index contributed by atoms with van der Waals surface area (Å²) in [5, 5.41) is 6.19. The number of hydrogen-bond donors (Lipinski definition) is 2. The number of nitrogens with one attached hydrogen (secondary N) is 2. The van der Waals surface area contributed by atoms with Crippen molar-refractivity contribution in [3.63, 3.8) is 0 Å². The second kappa shape index (κ2) is 6.74. The fraction of sp³-hybridized carbons (Fsp3) is 0.353. The first-order valence-electron chi connectivity index (χ1n) is 7.74. The molecule has 0 bridgehead atoms. The Bertz CT molecular complexity index is 759. The van der Waals surface area contributed by atoms with Gasteiger partial charge in [0.05, 0.1) is 31.2 Å². The third-order valence-electron chi connectivity index (χ3n) is 3.85. The molecule has 126 valence electrons. The van der Waals surface area contributed by atoms with Crippen LogP contribution >= 0.6 is 0 Å². The fourth-order valence-corrected chi connectivity index (χ4v) is 2.42. The lowest BCUT2D eigenvalue weighted by Crippen LogP contribution is -2.06. The molecule has 0 radical (unpaired) electrons. The van der Waals surface area contributed by atoms with E-state index in [1.54, 1.807) is 32.4 Å². The van der Waals surface area contributed by atoms with E-state index in [0.29, 0.717) is 34.7 Å². The van der Waals surface area contributed by atoms with Crippen molar-refractivity contribution in [2.45, 2.75) is 18.8 Å². The quantitative estimate of drug-likeness (QED) is 0.789. The molecule has 2 aromatic rings. The van der Waals surface area contributed by atoms with Gasteiger partial charge in [0, 0.05) is 19.0 Å². The van der Waals surface area contributed by atoms with Gasteiger partial charge >= 0.3 is 5.97 Å². The molecule has 24 heavy (non-hydrogen) atoms. The van der Waals surface area contributed by atoms with Gasteiger partial charge in [0.15, 0.2) is 0 Å². The van der Waals surface area contributed by atoms with Crippen LogP contribution in [-0.4, -0.2) is 37.2 Å². The van der Waals surface area contributed by atoms with Crippen LogP contribution in [0.25, 0.3) is 0 Å². The van der Waals surface area contributed by atoms with Crippen molar-refractivity contribution in [1.82, 2.24) is 9.97 Å². The van der Waals surface area contributed by atoms with Crippen LogP contribution in [0.15, 0.2) is 24.3 Å². The predicted molar refractivity (Wildman–Crippen MR) is 91.2 cm³/mol. The van der Waals surface area contributed by atoms with Crippen LogP contribution in [0.5, 0.6) is 5.75 Å². The molecule has 0 spiro atoms. The van der Waals surface area contributed by atoms with Gasteiger partial charge in [-0.3, -0.25) is 0 Å². The minimum Gasteiger partial charge on any atom is -0.495 e. The predicted octanol–water partition coefficient (Wildman–Crippen LogP) is 2.93. The second-order valence-electron chi connectivity index (χ2n) is 5.56. The van der Waals surface area contributed by atoms with E-state index in [9.17, 15) is 4.79 Å². The highest BCUT2D eigenvalue weighted by Gasteiger charge is 2.26. The van der Waals surface area contributed by atoms with Gasteiger partial charge in [0.2, 0.25) is 5.95 Å². The maximum absolute atomic E-state index is 11.7. The minimum absolute atomic E-state index is 0.405. The Labute approximate surface area is 140 Å². The highest BCUT2D eigenvalue weighted by molar-refractivity contribution is 5.91. The van der Waals surface area contributed by atoms with Gasteiger partial charge in [-0.2, -0.15) is 4.98 Å². The standard InChI is InChI=1S/C17H20N4O3/c1-18-17-20-12(10-4-5-10)9-15(21-17)19-13-8-11(16(22)24-3)6-7-14(13)23-2/h6-10H,4-5H2,1-3H3,(H2,18,19,20,21). The van der Waals surface area contributed by atoms with Crippen molar-refractivity contribution >= 4 is 23.4 Å². The van der Waals surface area contributed by atoms with Gasteiger partial charge in [-0.15, -0.1) is 0 Å². The van der Waals surface area contributed by atoms with Crippen LogP contribution in [0.3, 0.4) is 0 Å². The highest BCUT2D eigenvalue weighted by Crippen LogP contribution is 2.40. The molecule has 2 N–H and O–H groups in total. The van der Waals surface area contributed by atoms with Crippen LogP contribution in [0.4, 0.5) is 17.5 Å². The number of hydrogen-bond acceptors (Lipinski definition) is 7. The van der Waals surface area contributed by atoms with Gasteiger partial charge in [-0.1, -0.05) is 0 Å². The Morgan fingerprint density at radius 3 is 2.62 bits per heavy atom. The first kappa shape index (κ1) is 16.0. The number of nitrogens with zero attached hydrogens (tertiary/aromatic N) is 2. The van der Waals surface area contributed by atoms with E-state index in [4.69, 9.17) is 9.47 Å². The number of carbonyl (C=O) groups excluding carboxylic acids is 1. The Balaban J connectivity index is 1.94. The first-order valence-corrected chi connectivity index (χ1v) is 7.74. The highest BCUT2D eigenvalue weighted by atomic mass is 16.5. The summed E-state index contributed by atoms with van der Waals surface area (Å²) in [4.78, 5) is 20.7. The number of carbonyl (C=O) groups is 1. The SMILES string of the molecule is CNc1nc(Nc2cc(C(=O)OC)ccc2OC)cc(C2CC2)n1. The maximum Gasteiger partial charge on any atom is 0.337 e. The molecule has 7 heteroatoms. The maximum atomic E-state index is 11.7. The second-order valence-corrected chi connectivity index (χ2v) is 5.56. The molecule has 0 unspecified atom stereocenters. The van der Waals surface area contributed by atoms with Crippen molar-refractivity contribution in [3.8, 4) is 5.75 Å². The van der Waals surface area contributed by atoms with E-state index < -0.39 is 5.97 Å².